The Bertz CT molecular complexity index is 183. The highest BCUT2D eigenvalue weighted by atomic mass is 32.2. The number of carbonyl (C=O) groups is 1. The second-order valence-corrected chi connectivity index (χ2v) is 4.04. The molecule has 0 rings (SSSR count). The van der Waals surface area contributed by atoms with Crippen LogP contribution < -0.4 is 5.32 Å². The first kappa shape index (κ1) is 14.5. The molecule has 0 saturated carbocycles. The van der Waals surface area contributed by atoms with Crippen molar-refractivity contribution in [3.63, 3.8) is 0 Å². The van der Waals surface area contributed by atoms with E-state index in [1.165, 1.54) is 24.7 Å². The van der Waals surface area contributed by atoms with E-state index in [9.17, 15) is 4.79 Å². The van der Waals surface area contributed by atoms with Crippen molar-refractivity contribution in [1.29, 1.82) is 0 Å². The van der Waals surface area contributed by atoms with Gasteiger partial charge in [0.2, 0.25) is 0 Å². The van der Waals surface area contributed by atoms with Gasteiger partial charge in [-0.05, 0) is 38.3 Å². The average Bonchev–Trinajstić information content (AvgIpc) is 2.22. The molecule has 0 aromatic heterocycles. The first-order valence-corrected chi connectivity index (χ1v) is 6.73. The highest BCUT2D eigenvalue weighted by molar-refractivity contribution is 7.98. The number of esters is 1. The molecule has 0 fully saturated rings. The van der Waals surface area contributed by atoms with Crippen molar-refractivity contribution in [3.8, 4) is 0 Å². The highest BCUT2D eigenvalue weighted by Gasteiger charge is 1.91. The van der Waals surface area contributed by atoms with Crippen LogP contribution >= 0.6 is 11.8 Å². The van der Waals surface area contributed by atoms with E-state index >= 15 is 0 Å². The van der Waals surface area contributed by atoms with Crippen molar-refractivity contribution in [1.82, 2.24) is 5.32 Å². The van der Waals surface area contributed by atoms with Crippen LogP contribution in [0, 0.1) is 0 Å². The first-order chi connectivity index (χ1) is 7.31. The Morgan fingerprint density at radius 3 is 2.93 bits per heavy atom. The number of hydrogen-bond donors (Lipinski definition) is 1. The SMILES string of the molecule is CCOC(=O)/C=C/CNCCCCSC. The van der Waals surface area contributed by atoms with E-state index in [2.05, 4.69) is 11.6 Å². The summed E-state index contributed by atoms with van der Waals surface area (Å²) in [5, 5.41) is 3.24. The van der Waals surface area contributed by atoms with Gasteiger partial charge in [-0.3, -0.25) is 0 Å². The van der Waals surface area contributed by atoms with Crippen LogP contribution in [0.4, 0.5) is 0 Å². The molecule has 0 saturated heterocycles. The molecule has 4 heteroatoms. The number of unbranched alkanes of at least 4 members (excludes halogenated alkanes) is 1. The minimum absolute atomic E-state index is 0.262. The Morgan fingerprint density at radius 2 is 2.27 bits per heavy atom. The highest BCUT2D eigenvalue weighted by Crippen LogP contribution is 1.97. The predicted molar refractivity (Wildman–Crippen MR) is 66.3 cm³/mol. The summed E-state index contributed by atoms with van der Waals surface area (Å²) >= 11 is 1.88. The van der Waals surface area contributed by atoms with Gasteiger partial charge in [-0.2, -0.15) is 11.8 Å². The lowest BCUT2D eigenvalue weighted by Crippen LogP contribution is -2.15. The Labute approximate surface area is 96.6 Å². The molecule has 0 spiro atoms. The van der Waals surface area contributed by atoms with Gasteiger partial charge >= 0.3 is 5.97 Å². The van der Waals surface area contributed by atoms with E-state index in [0.717, 1.165) is 13.1 Å². The maximum Gasteiger partial charge on any atom is 0.330 e. The van der Waals surface area contributed by atoms with E-state index in [-0.39, 0.29) is 5.97 Å². The standard InChI is InChI=1S/C11H21NO2S/c1-3-14-11(13)7-6-9-12-8-4-5-10-15-2/h6-7,12H,3-5,8-10H2,1-2H3/b7-6+. The van der Waals surface area contributed by atoms with Crippen LogP contribution in [-0.4, -0.2) is 37.7 Å². The molecule has 0 bridgehead atoms. The van der Waals surface area contributed by atoms with Crippen LogP contribution in [0.15, 0.2) is 12.2 Å². The lowest BCUT2D eigenvalue weighted by molar-refractivity contribution is -0.137. The van der Waals surface area contributed by atoms with Gasteiger partial charge in [0.25, 0.3) is 0 Å². The summed E-state index contributed by atoms with van der Waals surface area (Å²) in [6.07, 6.45) is 7.82. The van der Waals surface area contributed by atoms with Gasteiger partial charge < -0.3 is 10.1 Å². The summed E-state index contributed by atoms with van der Waals surface area (Å²) in [6.45, 7) is 3.98. The molecule has 0 unspecified atom stereocenters. The number of ether oxygens (including phenoxy) is 1. The summed E-state index contributed by atoms with van der Waals surface area (Å²) in [5.41, 5.74) is 0. The molecular weight excluding hydrogens is 210 g/mol. The third kappa shape index (κ3) is 11.4. The molecular formula is C11H21NO2S. The molecule has 0 aliphatic heterocycles. The second kappa shape index (κ2) is 11.6. The molecule has 0 aliphatic carbocycles. The van der Waals surface area contributed by atoms with Crippen molar-refractivity contribution in [2.24, 2.45) is 0 Å². The third-order valence-corrected chi connectivity index (χ3v) is 2.45. The zero-order chi connectivity index (χ0) is 11.4. The lowest BCUT2D eigenvalue weighted by atomic mass is 10.3. The van der Waals surface area contributed by atoms with Crippen molar-refractivity contribution < 1.29 is 9.53 Å². The van der Waals surface area contributed by atoms with Crippen molar-refractivity contribution in [2.75, 3.05) is 31.7 Å². The minimum atomic E-state index is -0.262. The Hall–Kier alpha value is -0.480. The van der Waals surface area contributed by atoms with E-state index < -0.39 is 0 Å². The third-order valence-electron chi connectivity index (χ3n) is 1.75. The normalized spacial score (nSPS) is 10.8. The van der Waals surface area contributed by atoms with E-state index in [4.69, 9.17) is 4.74 Å². The van der Waals surface area contributed by atoms with Crippen molar-refractivity contribution in [2.45, 2.75) is 19.8 Å². The minimum Gasteiger partial charge on any atom is -0.463 e. The quantitative estimate of drug-likeness (QED) is 0.373. The zero-order valence-electron chi connectivity index (χ0n) is 9.62. The maximum absolute atomic E-state index is 10.9. The van der Waals surface area contributed by atoms with Crippen LogP contribution in [0.5, 0.6) is 0 Å². The predicted octanol–water partition coefficient (Wildman–Crippen LogP) is 1.84. The fourth-order valence-corrected chi connectivity index (χ4v) is 1.52. The van der Waals surface area contributed by atoms with Crippen LogP contribution in [0.3, 0.4) is 0 Å². The van der Waals surface area contributed by atoms with Crippen LogP contribution in [0.2, 0.25) is 0 Å². The Morgan fingerprint density at radius 1 is 1.47 bits per heavy atom. The van der Waals surface area contributed by atoms with Crippen molar-refractivity contribution >= 4 is 17.7 Å². The van der Waals surface area contributed by atoms with E-state index in [0.29, 0.717) is 6.61 Å². The van der Waals surface area contributed by atoms with Gasteiger partial charge in [0.05, 0.1) is 6.61 Å². The van der Waals surface area contributed by atoms with Gasteiger partial charge in [0, 0.05) is 12.6 Å². The van der Waals surface area contributed by atoms with Gasteiger partial charge in [-0.25, -0.2) is 4.79 Å². The molecule has 0 atom stereocenters. The summed E-state index contributed by atoms with van der Waals surface area (Å²) < 4.78 is 4.75. The fourth-order valence-electron chi connectivity index (χ4n) is 1.03. The second-order valence-electron chi connectivity index (χ2n) is 3.06. The fraction of sp³-hybridized carbons (Fsp3) is 0.727. The van der Waals surface area contributed by atoms with Gasteiger partial charge in [0.15, 0.2) is 0 Å². The summed E-state index contributed by atoms with van der Waals surface area (Å²) in [7, 11) is 0. The summed E-state index contributed by atoms with van der Waals surface area (Å²) in [4.78, 5) is 10.9. The van der Waals surface area contributed by atoms with Gasteiger partial charge in [-0.1, -0.05) is 6.08 Å². The topological polar surface area (TPSA) is 38.3 Å². The molecule has 0 heterocycles. The number of nitrogens with one attached hydrogen (secondary N) is 1. The number of hydrogen-bond acceptors (Lipinski definition) is 4. The van der Waals surface area contributed by atoms with Gasteiger partial charge in [0.1, 0.15) is 0 Å². The number of rotatable bonds is 9. The molecule has 0 aliphatic rings. The van der Waals surface area contributed by atoms with Gasteiger partial charge in [-0.15, -0.1) is 0 Å². The molecule has 1 N–H and O–H groups in total. The first-order valence-electron chi connectivity index (χ1n) is 5.34. The Balaban J connectivity index is 3.19. The van der Waals surface area contributed by atoms with E-state index in [1.807, 2.05) is 11.8 Å². The monoisotopic (exact) mass is 231 g/mol. The molecule has 0 radical (unpaired) electrons. The van der Waals surface area contributed by atoms with Crippen molar-refractivity contribution in [3.05, 3.63) is 12.2 Å². The van der Waals surface area contributed by atoms with E-state index in [1.54, 1.807) is 13.0 Å². The molecule has 88 valence electrons. The van der Waals surface area contributed by atoms with Crippen LogP contribution in [0.1, 0.15) is 19.8 Å². The maximum atomic E-state index is 10.9. The molecule has 3 nitrogen and oxygen atoms in total. The number of carbonyl (C=O) groups excluding carboxylic acids is 1. The van der Waals surface area contributed by atoms with Crippen LogP contribution in [-0.2, 0) is 9.53 Å². The molecule has 0 aromatic carbocycles. The Kier molecular flexibility index (Phi) is 11.2. The summed E-state index contributed by atoms with van der Waals surface area (Å²) in [5.74, 6) is 0.960. The summed E-state index contributed by atoms with van der Waals surface area (Å²) in [6, 6.07) is 0. The molecule has 15 heavy (non-hydrogen) atoms. The van der Waals surface area contributed by atoms with Crippen LogP contribution in [0.25, 0.3) is 0 Å². The zero-order valence-corrected chi connectivity index (χ0v) is 10.4. The smallest absolute Gasteiger partial charge is 0.330 e. The average molecular weight is 231 g/mol. The molecule has 0 amide bonds. The largest absolute Gasteiger partial charge is 0.463 e. The number of thioether (sulfide) groups is 1. The lowest BCUT2D eigenvalue weighted by Gasteiger charge is -2.00. The molecule has 0 aromatic rings.